The highest BCUT2D eigenvalue weighted by atomic mass is 19.1. The van der Waals surface area contributed by atoms with Gasteiger partial charge in [-0.25, -0.2) is 9.97 Å². The van der Waals surface area contributed by atoms with Crippen LogP contribution in [0.25, 0.3) is 17.2 Å². The van der Waals surface area contributed by atoms with Gasteiger partial charge in [-0.05, 0) is 13.0 Å². The van der Waals surface area contributed by atoms with Gasteiger partial charge in [-0.3, -0.25) is 0 Å². The summed E-state index contributed by atoms with van der Waals surface area (Å²) in [5.74, 6) is 1.39. The number of aromatic nitrogens is 4. The maximum Gasteiger partial charge on any atom is 0.278 e. The van der Waals surface area contributed by atoms with Gasteiger partial charge in [0.1, 0.15) is 5.82 Å². The van der Waals surface area contributed by atoms with Gasteiger partial charge in [-0.2, -0.15) is 8.91 Å². The Bertz CT molecular complexity index is 658. The molecule has 3 rings (SSSR count). The van der Waals surface area contributed by atoms with Gasteiger partial charge in [0.15, 0.2) is 17.2 Å². The number of rotatable bonds is 1. The lowest BCUT2D eigenvalue weighted by Gasteiger charge is -1.97. The highest BCUT2D eigenvalue weighted by Gasteiger charge is 2.11. The molecule has 3 aromatic rings. The molecule has 0 N–H and O–H groups in total. The fourth-order valence-corrected chi connectivity index (χ4v) is 1.53. The van der Waals surface area contributed by atoms with Gasteiger partial charge in [-0.1, -0.05) is 0 Å². The normalized spacial score (nSPS) is 11.1. The van der Waals surface area contributed by atoms with E-state index in [2.05, 4.69) is 15.1 Å². The second kappa shape index (κ2) is 3.13. The Morgan fingerprint density at radius 2 is 2.19 bits per heavy atom. The smallest absolute Gasteiger partial charge is 0.278 e. The second-order valence-corrected chi connectivity index (χ2v) is 3.30. The van der Waals surface area contributed by atoms with Crippen molar-refractivity contribution in [2.75, 3.05) is 0 Å². The third kappa shape index (κ3) is 1.27. The molecule has 0 fully saturated rings. The van der Waals surface area contributed by atoms with E-state index in [0.717, 1.165) is 0 Å². The average molecular weight is 218 g/mol. The molecule has 0 amide bonds. The van der Waals surface area contributed by atoms with Crippen LogP contribution in [0.5, 0.6) is 0 Å². The van der Waals surface area contributed by atoms with Crippen LogP contribution in [0.1, 0.15) is 5.82 Å². The lowest BCUT2D eigenvalue weighted by molar-refractivity contribution is 0.365. The third-order valence-electron chi connectivity index (χ3n) is 2.15. The van der Waals surface area contributed by atoms with Crippen molar-refractivity contribution < 1.29 is 8.81 Å². The zero-order chi connectivity index (χ0) is 11.1. The van der Waals surface area contributed by atoms with Crippen LogP contribution in [0.2, 0.25) is 0 Å². The van der Waals surface area contributed by atoms with Crippen molar-refractivity contribution in [2.24, 2.45) is 0 Å². The standard InChI is InChI=1S/C10H7FN4O/c1-6-13-9-4-5-12-10(15(9)14-6)7-2-3-8(11)16-7/h2-5H,1H3. The van der Waals surface area contributed by atoms with Crippen molar-refractivity contribution in [3.8, 4) is 11.6 Å². The number of nitrogens with zero attached hydrogens (tertiary/aromatic N) is 4. The Balaban J connectivity index is 2.30. The predicted octanol–water partition coefficient (Wildman–Crippen LogP) is 1.83. The molecule has 0 saturated heterocycles. The zero-order valence-electron chi connectivity index (χ0n) is 8.38. The number of aryl methyl sites for hydroxylation is 1. The minimum atomic E-state index is -0.648. The molecule has 3 heterocycles. The lowest BCUT2D eigenvalue weighted by atomic mass is 10.4. The topological polar surface area (TPSA) is 56.2 Å². The molecule has 0 saturated carbocycles. The summed E-state index contributed by atoms with van der Waals surface area (Å²) in [4.78, 5) is 8.29. The van der Waals surface area contributed by atoms with Crippen molar-refractivity contribution in [3.05, 3.63) is 36.2 Å². The van der Waals surface area contributed by atoms with Crippen LogP contribution in [0.15, 0.2) is 28.8 Å². The second-order valence-electron chi connectivity index (χ2n) is 3.30. The Labute approximate surface area is 89.6 Å². The van der Waals surface area contributed by atoms with Gasteiger partial charge in [0.2, 0.25) is 0 Å². The summed E-state index contributed by atoms with van der Waals surface area (Å²) in [6.45, 7) is 1.78. The maximum atomic E-state index is 12.8. The molecule has 0 radical (unpaired) electrons. The first-order valence-electron chi connectivity index (χ1n) is 4.68. The average Bonchev–Trinajstić information content (AvgIpc) is 2.82. The van der Waals surface area contributed by atoms with Crippen molar-refractivity contribution in [2.45, 2.75) is 6.92 Å². The molecule has 80 valence electrons. The quantitative estimate of drug-likeness (QED) is 0.625. The first-order valence-corrected chi connectivity index (χ1v) is 4.68. The molecule has 0 bridgehead atoms. The van der Waals surface area contributed by atoms with Crippen molar-refractivity contribution in [3.63, 3.8) is 0 Å². The van der Waals surface area contributed by atoms with Crippen LogP contribution in [0.3, 0.4) is 0 Å². The van der Waals surface area contributed by atoms with Crippen LogP contribution in [0, 0.1) is 12.9 Å². The molecule has 0 aliphatic heterocycles. The summed E-state index contributed by atoms with van der Waals surface area (Å²) >= 11 is 0. The molecule has 0 aliphatic rings. The first-order chi connectivity index (χ1) is 7.74. The van der Waals surface area contributed by atoms with Gasteiger partial charge < -0.3 is 4.42 Å². The highest BCUT2D eigenvalue weighted by molar-refractivity contribution is 5.52. The maximum absolute atomic E-state index is 12.8. The highest BCUT2D eigenvalue weighted by Crippen LogP contribution is 2.19. The van der Waals surface area contributed by atoms with Crippen molar-refractivity contribution in [1.29, 1.82) is 0 Å². The summed E-state index contributed by atoms with van der Waals surface area (Å²) in [5.41, 5.74) is 0.652. The van der Waals surface area contributed by atoms with Crippen LogP contribution in [-0.2, 0) is 0 Å². The van der Waals surface area contributed by atoms with Crippen LogP contribution < -0.4 is 0 Å². The van der Waals surface area contributed by atoms with Gasteiger partial charge in [-0.15, -0.1) is 5.10 Å². The van der Waals surface area contributed by atoms with Gasteiger partial charge in [0.25, 0.3) is 6.01 Å². The van der Waals surface area contributed by atoms with E-state index in [1.807, 2.05) is 0 Å². The monoisotopic (exact) mass is 218 g/mol. The number of halogens is 1. The van der Waals surface area contributed by atoms with E-state index < -0.39 is 6.01 Å². The Kier molecular flexibility index (Phi) is 1.76. The van der Waals surface area contributed by atoms with Gasteiger partial charge in [0, 0.05) is 18.3 Å². The van der Waals surface area contributed by atoms with Crippen LogP contribution in [-0.4, -0.2) is 19.6 Å². The van der Waals surface area contributed by atoms with E-state index in [0.29, 0.717) is 23.1 Å². The molecule has 3 aromatic heterocycles. The molecule has 0 atom stereocenters. The van der Waals surface area contributed by atoms with E-state index in [-0.39, 0.29) is 0 Å². The first kappa shape index (κ1) is 9.02. The third-order valence-corrected chi connectivity index (χ3v) is 2.15. The van der Waals surface area contributed by atoms with Gasteiger partial charge >= 0.3 is 0 Å². The molecule has 0 spiro atoms. The predicted molar refractivity (Wildman–Crippen MR) is 53.2 cm³/mol. The summed E-state index contributed by atoms with van der Waals surface area (Å²) < 4.78 is 19.2. The Morgan fingerprint density at radius 1 is 1.31 bits per heavy atom. The Hall–Kier alpha value is -2.24. The van der Waals surface area contributed by atoms with E-state index in [9.17, 15) is 4.39 Å². The van der Waals surface area contributed by atoms with E-state index in [4.69, 9.17) is 4.42 Å². The molecule has 5 nitrogen and oxygen atoms in total. The number of fused-ring (bicyclic) bond motifs is 1. The summed E-state index contributed by atoms with van der Waals surface area (Å²) in [5, 5.41) is 4.16. The van der Waals surface area contributed by atoms with Gasteiger partial charge in [0.05, 0.1) is 0 Å². The minimum Gasteiger partial charge on any atom is -0.428 e. The molecule has 0 aliphatic carbocycles. The fraction of sp³-hybridized carbons (Fsp3) is 0.100. The summed E-state index contributed by atoms with van der Waals surface area (Å²) in [6.07, 6.45) is 1.58. The van der Waals surface area contributed by atoms with Crippen LogP contribution in [0.4, 0.5) is 4.39 Å². The van der Waals surface area contributed by atoms with Crippen molar-refractivity contribution in [1.82, 2.24) is 19.6 Å². The summed E-state index contributed by atoms with van der Waals surface area (Å²) in [7, 11) is 0. The van der Waals surface area contributed by atoms with E-state index in [1.165, 1.54) is 16.6 Å². The molecule has 0 unspecified atom stereocenters. The Morgan fingerprint density at radius 3 is 2.94 bits per heavy atom. The lowest BCUT2D eigenvalue weighted by Crippen LogP contribution is -1.96. The van der Waals surface area contributed by atoms with E-state index in [1.54, 1.807) is 19.2 Å². The number of hydrogen-bond acceptors (Lipinski definition) is 4. The molecular formula is C10H7FN4O. The largest absolute Gasteiger partial charge is 0.428 e. The number of hydrogen-bond donors (Lipinski definition) is 0. The molecular weight excluding hydrogens is 211 g/mol. The minimum absolute atomic E-state index is 0.327. The van der Waals surface area contributed by atoms with Crippen LogP contribution >= 0.6 is 0 Å². The summed E-state index contributed by atoms with van der Waals surface area (Å²) in [6, 6.07) is 3.82. The zero-order valence-corrected chi connectivity index (χ0v) is 8.38. The molecule has 0 aromatic carbocycles. The molecule has 6 heteroatoms. The van der Waals surface area contributed by atoms with Crippen molar-refractivity contribution >= 4 is 5.65 Å². The SMILES string of the molecule is Cc1nc2ccnc(-c3ccc(F)o3)n2n1. The number of furan rings is 1. The molecule has 16 heavy (non-hydrogen) atoms. The van der Waals surface area contributed by atoms with E-state index >= 15 is 0 Å². The fourth-order valence-electron chi connectivity index (χ4n) is 1.53.